The first-order valence-corrected chi connectivity index (χ1v) is 8.10. The second-order valence-corrected chi connectivity index (χ2v) is 5.59. The zero-order valence-electron chi connectivity index (χ0n) is 13.2. The summed E-state index contributed by atoms with van der Waals surface area (Å²) in [6.07, 6.45) is 0.879. The summed E-state index contributed by atoms with van der Waals surface area (Å²) >= 11 is 1.70. The zero-order chi connectivity index (χ0) is 15.1. The highest BCUT2D eigenvalue weighted by Crippen LogP contribution is 2.12. The van der Waals surface area contributed by atoms with Gasteiger partial charge in [0.25, 0.3) is 0 Å². The molecule has 0 atom stereocenters. The third-order valence-electron chi connectivity index (χ3n) is 3.19. The lowest BCUT2D eigenvalue weighted by molar-refractivity contribution is 0.392. The molecule has 122 valence electrons. The van der Waals surface area contributed by atoms with E-state index in [1.165, 1.54) is 11.1 Å². The Morgan fingerprint density at radius 1 is 1.36 bits per heavy atom. The number of hydrogen-bond donors (Lipinski definition) is 2. The van der Waals surface area contributed by atoms with Crippen LogP contribution in [0.2, 0.25) is 0 Å². The Morgan fingerprint density at radius 3 is 2.77 bits per heavy atom. The van der Waals surface area contributed by atoms with E-state index < -0.39 is 0 Å². The molecule has 5 nitrogen and oxygen atoms in total. The monoisotopic (exact) mass is 434 g/mol. The van der Waals surface area contributed by atoms with E-state index in [0.717, 1.165) is 36.9 Å². The minimum absolute atomic E-state index is 0. The van der Waals surface area contributed by atoms with E-state index >= 15 is 0 Å². The third kappa shape index (κ3) is 5.60. The topological polar surface area (TPSA) is 62.5 Å². The Balaban J connectivity index is 0.00000242. The molecule has 2 N–H and O–H groups in total. The summed E-state index contributed by atoms with van der Waals surface area (Å²) in [5.74, 6) is 1.74. The van der Waals surface area contributed by atoms with E-state index in [1.54, 1.807) is 11.3 Å². The Morgan fingerprint density at radius 2 is 2.18 bits per heavy atom. The molecular weight excluding hydrogens is 411 g/mol. The second kappa shape index (κ2) is 9.83. The number of aryl methyl sites for hydroxylation is 2. The van der Waals surface area contributed by atoms with E-state index in [2.05, 4.69) is 44.5 Å². The molecule has 0 aliphatic rings. The van der Waals surface area contributed by atoms with Gasteiger partial charge in [0.05, 0.1) is 12.2 Å². The van der Waals surface area contributed by atoms with Crippen LogP contribution < -0.4 is 10.6 Å². The molecule has 0 aliphatic heterocycles. The Labute approximate surface area is 152 Å². The zero-order valence-corrected chi connectivity index (χ0v) is 16.3. The maximum absolute atomic E-state index is 5.17. The molecule has 0 saturated carbocycles. The van der Waals surface area contributed by atoms with Crippen LogP contribution in [-0.2, 0) is 13.0 Å². The average molecular weight is 434 g/mol. The Bertz CT molecular complexity index is 561. The van der Waals surface area contributed by atoms with Gasteiger partial charge >= 0.3 is 0 Å². The summed E-state index contributed by atoms with van der Waals surface area (Å²) in [6, 6.07) is 2.10. The van der Waals surface area contributed by atoms with Crippen molar-refractivity contribution in [3.8, 4) is 0 Å². The molecule has 0 unspecified atom stereocenters. The molecule has 2 aromatic heterocycles. The molecule has 7 heteroatoms. The molecule has 0 radical (unpaired) electrons. The molecule has 2 aromatic rings. The van der Waals surface area contributed by atoms with Crippen molar-refractivity contribution in [1.82, 2.24) is 15.8 Å². The SMILES string of the molecule is CCNC(=NCc1ccsc1)NCCc1c(C)noc1C.I. The van der Waals surface area contributed by atoms with Crippen LogP contribution in [0.5, 0.6) is 0 Å². The lowest BCUT2D eigenvalue weighted by atomic mass is 10.1. The summed E-state index contributed by atoms with van der Waals surface area (Å²) in [5, 5.41) is 14.8. The molecule has 22 heavy (non-hydrogen) atoms. The van der Waals surface area contributed by atoms with Crippen molar-refractivity contribution in [2.75, 3.05) is 13.1 Å². The highest BCUT2D eigenvalue weighted by atomic mass is 127. The Hall–Kier alpha value is -1.09. The minimum atomic E-state index is 0. The van der Waals surface area contributed by atoms with Crippen LogP contribution in [0.4, 0.5) is 0 Å². The van der Waals surface area contributed by atoms with E-state index in [1.807, 2.05) is 13.8 Å². The first-order valence-electron chi connectivity index (χ1n) is 7.15. The number of nitrogens with zero attached hydrogens (tertiary/aromatic N) is 2. The number of thiophene rings is 1. The molecule has 2 rings (SSSR count). The van der Waals surface area contributed by atoms with E-state index in [4.69, 9.17) is 4.52 Å². The van der Waals surface area contributed by atoms with Crippen molar-refractivity contribution in [2.45, 2.75) is 33.7 Å². The largest absolute Gasteiger partial charge is 0.361 e. The molecule has 0 amide bonds. The number of hydrogen-bond acceptors (Lipinski definition) is 4. The maximum atomic E-state index is 5.17. The van der Waals surface area contributed by atoms with Crippen molar-refractivity contribution in [3.63, 3.8) is 0 Å². The summed E-state index contributed by atoms with van der Waals surface area (Å²) in [5.41, 5.74) is 3.38. The molecule has 0 fully saturated rings. The Kier molecular flexibility index (Phi) is 8.47. The summed E-state index contributed by atoms with van der Waals surface area (Å²) in [4.78, 5) is 4.58. The van der Waals surface area contributed by atoms with Crippen LogP contribution >= 0.6 is 35.3 Å². The molecule has 0 saturated heterocycles. The van der Waals surface area contributed by atoms with Crippen molar-refractivity contribution < 1.29 is 4.52 Å². The summed E-state index contributed by atoms with van der Waals surface area (Å²) in [6.45, 7) is 8.34. The fourth-order valence-electron chi connectivity index (χ4n) is 2.06. The highest BCUT2D eigenvalue weighted by Gasteiger charge is 2.08. The van der Waals surface area contributed by atoms with Crippen LogP contribution in [0, 0.1) is 13.8 Å². The fraction of sp³-hybridized carbons (Fsp3) is 0.467. The molecule has 2 heterocycles. The van der Waals surface area contributed by atoms with Gasteiger partial charge in [0.15, 0.2) is 5.96 Å². The fourth-order valence-corrected chi connectivity index (χ4v) is 2.72. The third-order valence-corrected chi connectivity index (χ3v) is 3.92. The lowest BCUT2D eigenvalue weighted by Crippen LogP contribution is -2.38. The van der Waals surface area contributed by atoms with Crippen molar-refractivity contribution >= 4 is 41.3 Å². The average Bonchev–Trinajstić information content (AvgIpc) is 3.09. The van der Waals surface area contributed by atoms with Crippen LogP contribution in [0.3, 0.4) is 0 Å². The molecular formula is C15H23IN4OS. The van der Waals surface area contributed by atoms with E-state index in [0.29, 0.717) is 6.54 Å². The molecule has 0 aliphatic carbocycles. The van der Waals surface area contributed by atoms with Gasteiger partial charge in [-0.05, 0) is 49.6 Å². The number of rotatable bonds is 6. The van der Waals surface area contributed by atoms with Gasteiger partial charge in [0, 0.05) is 18.7 Å². The van der Waals surface area contributed by atoms with Gasteiger partial charge in [-0.3, -0.25) is 0 Å². The van der Waals surface area contributed by atoms with Gasteiger partial charge in [-0.25, -0.2) is 4.99 Å². The van der Waals surface area contributed by atoms with Gasteiger partial charge < -0.3 is 15.2 Å². The second-order valence-electron chi connectivity index (χ2n) is 4.81. The van der Waals surface area contributed by atoms with Crippen LogP contribution in [-0.4, -0.2) is 24.2 Å². The van der Waals surface area contributed by atoms with Crippen molar-refractivity contribution in [1.29, 1.82) is 0 Å². The predicted molar refractivity (Wildman–Crippen MR) is 102 cm³/mol. The summed E-state index contributed by atoms with van der Waals surface area (Å²) < 4.78 is 5.17. The van der Waals surface area contributed by atoms with E-state index in [-0.39, 0.29) is 24.0 Å². The normalized spacial score (nSPS) is 11.1. The number of guanidine groups is 1. The van der Waals surface area contributed by atoms with Gasteiger partial charge in [-0.1, -0.05) is 5.16 Å². The first-order chi connectivity index (χ1) is 10.2. The highest BCUT2D eigenvalue weighted by molar-refractivity contribution is 14.0. The number of aliphatic imine (C=N–C) groups is 1. The molecule has 0 aromatic carbocycles. The van der Waals surface area contributed by atoms with Crippen LogP contribution in [0.1, 0.15) is 29.5 Å². The van der Waals surface area contributed by atoms with E-state index in [9.17, 15) is 0 Å². The molecule has 0 bridgehead atoms. The standard InChI is InChI=1S/C15H22N4OS.HI/c1-4-16-15(18-9-13-6-8-21-10-13)17-7-5-14-11(2)19-20-12(14)3;/h6,8,10H,4-5,7,9H2,1-3H3,(H2,16,17,18);1H. The van der Waals surface area contributed by atoms with Crippen molar-refractivity contribution in [3.05, 3.63) is 39.4 Å². The van der Waals surface area contributed by atoms with Crippen molar-refractivity contribution in [2.24, 2.45) is 4.99 Å². The van der Waals surface area contributed by atoms with Gasteiger partial charge in [-0.15, -0.1) is 24.0 Å². The van der Waals surface area contributed by atoms with Crippen LogP contribution in [0.15, 0.2) is 26.3 Å². The number of aromatic nitrogens is 1. The first kappa shape index (κ1) is 19.0. The smallest absolute Gasteiger partial charge is 0.191 e. The predicted octanol–water partition coefficient (Wildman–Crippen LogP) is 3.27. The van der Waals surface area contributed by atoms with Gasteiger partial charge in [-0.2, -0.15) is 11.3 Å². The van der Waals surface area contributed by atoms with Crippen LogP contribution in [0.25, 0.3) is 0 Å². The maximum Gasteiger partial charge on any atom is 0.191 e. The number of halogens is 1. The lowest BCUT2D eigenvalue weighted by Gasteiger charge is -2.11. The minimum Gasteiger partial charge on any atom is -0.361 e. The van der Waals surface area contributed by atoms with Gasteiger partial charge in [0.2, 0.25) is 0 Å². The van der Waals surface area contributed by atoms with Gasteiger partial charge in [0.1, 0.15) is 5.76 Å². The summed E-state index contributed by atoms with van der Waals surface area (Å²) in [7, 11) is 0. The molecule has 0 spiro atoms. The quantitative estimate of drug-likeness (QED) is 0.416. The number of nitrogens with one attached hydrogen (secondary N) is 2.